The van der Waals surface area contributed by atoms with Gasteiger partial charge < -0.3 is 9.73 Å². The summed E-state index contributed by atoms with van der Waals surface area (Å²) in [4.78, 5) is 42.8. The average molecular weight is 479 g/mol. The Bertz CT molecular complexity index is 1290. The molecule has 0 fully saturated rings. The summed E-state index contributed by atoms with van der Waals surface area (Å²) in [6, 6.07) is 18.0. The Morgan fingerprint density at radius 2 is 2.00 bits per heavy atom. The number of rotatable bonds is 6. The number of nitrogens with one attached hydrogen (secondary N) is 1. The normalized spacial score (nSPS) is 17.2. The van der Waals surface area contributed by atoms with E-state index < -0.39 is 11.3 Å². The van der Waals surface area contributed by atoms with Crippen LogP contribution in [0.5, 0.6) is 0 Å². The van der Waals surface area contributed by atoms with E-state index in [1.54, 1.807) is 30.0 Å². The zero-order valence-electron chi connectivity index (χ0n) is 17.7. The molecule has 166 valence electrons. The number of hydrogen-bond acceptors (Lipinski definition) is 6. The van der Waals surface area contributed by atoms with Crippen molar-refractivity contribution in [2.45, 2.75) is 21.6 Å². The minimum Gasteiger partial charge on any atom is -0.465 e. The van der Waals surface area contributed by atoms with Gasteiger partial charge in [-0.25, -0.2) is 4.79 Å². The molecule has 3 heterocycles. The SMILES string of the molecule is CSc1cccc(NC(=O)C[N+]2=C3c4ccccc4SC3C(=O)N(Cc3ccco3)C2=O)c1. The predicted octanol–water partition coefficient (Wildman–Crippen LogP) is 4.08. The summed E-state index contributed by atoms with van der Waals surface area (Å²) in [5.74, 6) is -0.148. The summed E-state index contributed by atoms with van der Waals surface area (Å²) in [6.45, 7) is -0.190. The van der Waals surface area contributed by atoms with Gasteiger partial charge in [-0.15, -0.1) is 23.5 Å². The van der Waals surface area contributed by atoms with Gasteiger partial charge in [0.1, 0.15) is 11.5 Å². The fraction of sp³-hybridized carbons (Fsp3) is 0.167. The van der Waals surface area contributed by atoms with E-state index in [2.05, 4.69) is 5.32 Å². The Kier molecular flexibility index (Phi) is 5.82. The van der Waals surface area contributed by atoms with Crippen LogP contribution >= 0.6 is 23.5 Å². The molecule has 9 heteroatoms. The third-order valence-corrected chi connectivity index (χ3v) is 7.44. The van der Waals surface area contributed by atoms with E-state index in [4.69, 9.17) is 4.42 Å². The summed E-state index contributed by atoms with van der Waals surface area (Å²) in [7, 11) is 0. The number of imide groups is 1. The van der Waals surface area contributed by atoms with Gasteiger partial charge in [0.05, 0.1) is 6.26 Å². The highest BCUT2D eigenvalue weighted by Crippen LogP contribution is 2.40. The van der Waals surface area contributed by atoms with Gasteiger partial charge in [0.2, 0.25) is 0 Å². The molecule has 0 aliphatic carbocycles. The number of carbonyl (C=O) groups is 3. The molecule has 0 saturated carbocycles. The van der Waals surface area contributed by atoms with Crippen molar-refractivity contribution in [3.63, 3.8) is 0 Å². The summed E-state index contributed by atoms with van der Waals surface area (Å²) in [6.07, 6.45) is 3.46. The Balaban J connectivity index is 1.49. The molecule has 0 radical (unpaired) electrons. The highest BCUT2D eigenvalue weighted by molar-refractivity contribution is 8.02. The van der Waals surface area contributed by atoms with E-state index in [9.17, 15) is 14.4 Å². The van der Waals surface area contributed by atoms with Crippen molar-refractivity contribution in [3.05, 3.63) is 78.3 Å². The van der Waals surface area contributed by atoms with Crippen molar-refractivity contribution in [2.24, 2.45) is 0 Å². The number of furan rings is 1. The first-order chi connectivity index (χ1) is 16.0. The van der Waals surface area contributed by atoms with Gasteiger partial charge >= 0.3 is 11.9 Å². The third-order valence-electron chi connectivity index (χ3n) is 5.45. The molecule has 0 saturated heterocycles. The number of fused-ring (bicyclic) bond motifs is 3. The quantitative estimate of drug-likeness (QED) is 0.425. The van der Waals surface area contributed by atoms with E-state index in [1.165, 1.54) is 22.6 Å². The molecule has 2 aliphatic rings. The lowest BCUT2D eigenvalue weighted by atomic mass is 10.0. The van der Waals surface area contributed by atoms with Crippen LogP contribution in [0.15, 0.2) is 81.1 Å². The van der Waals surface area contributed by atoms with Crippen molar-refractivity contribution in [2.75, 3.05) is 18.1 Å². The lowest BCUT2D eigenvalue weighted by Crippen LogP contribution is -2.56. The van der Waals surface area contributed by atoms with Crippen LogP contribution in [0.4, 0.5) is 10.5 Å². The molecule has 2 aliphatic heterocycles. The van der Waals surface area contributed by atoms with Gasteiger partial charge in [0.15, 0.2) is 18.3 Å². The van der Waals surface area contributed by atoms with Crippen molar-refractivity contribution < 1.29 is 23.4 Å². The van der Waals surface area contributed by atoms with E-state index in [1.807, 2.05) is 48.7 Å². The van der Waals surface area contributed by atoms with Crippen LogP contribution in [0.3, 0.4) is 0 Å². The maximum absolute atomic E-state index is 13.5. The number of thioether (sulfide) groups is 2. The van der Waals surface area contributed by atoms with Crippen LogP contribution in [0.2, 0.25) is 0 Å². The maximum atomic E-state index is 13.5. The van der Waals surface area contributed by atoms with Crippen molar-refractivity contribution in [3.8, 4) is 0 Å². The van der Waals surface area contributed by atoms with Crippen LogP contribution < -0.4 is 5.32 Å². The molecule has 4 amide bonds. The van der Waals surface area contributed by atoms with E-state index in [0.717, 1.165) is 20.3 Å². The van der Waals surface area contributed by atoms with Crippen LogP contribution in [0.1, 0.15) is 11.3 Å². The van der Waals surface area contributed by atoms with E-state index in [-0.39, 0.29) is 24.9 Å². The van der Waals surface area contributed by atoms with Gasteiger partial charge in [0, 0.05) is 21.0 Å². The first-order valence-corrected chi connectivity index (χ1v) is 12.4. The van der Waals surface area contributed by atoms with Crippen LogP contribution in [-0.2, 0) is 16.1 Å². The summed E-state index contributed by atoms with van der Waals surface area (Å²) in [5.41, 5.74) is 2.03. The monoisotopic (exact) mass is 478 g/mol. The fourth-order valence-electron chi connectivity index (χ4n) is 3.95. The molecule has 0 spiro atoms. The second-order valence-electron chi connectivity index (χ2n) is 7.53. The zero-order chi connectivity index (χ0) is 22.9. The molecule has 7 nitrogen and oxygen atoms in total. The molecule has 1 unspecified atom stereocenters. The molecule has 2 aromatic carbocycles. The first kappa shape index (κ1) is 21.5. The lowest BCUT2D eigenvalue weighted by Gasteiger charge is -2.24. The zero-order valence-corrected chi connectivity index (χ0v) is 19.3. The van der Waals surface area contributed by atoms with Crippen LogP contribution in [0, 0.1) is 0 Å². The topological polar surface area (TPSA) is 82.6 Å². The molecule has 3 aromatic rings. The highest BCUT2D eigenvalue weighted by Gasteiger charge is 2.53. The molecule has 1 aromatic heterocycles. The molecule has 0 bridgehead atoms. The molecule has 1 N–H and O–H groups in total. The average Bonchev–Trinajstić information content (AvgIpc) is 3.47. The van der Waals surface area contributed by atoms with Crippen molar-refractivity contribution >= 4 is 52.8 Å². The molecule has 5 rings (SSSR count). The van der Waals surface area contributed by atoms with Gasteiger partial charge in [-0.05, 0) is 48.7 Å². The van der Waals surface area contributed by atoms with Crippen molar-refractivity contribution in [1.82, 2.24) is 4.90 Å². The smallest absolute Gasteiger partial charge is 0.465 e. The molecular weight excluding hydrogens is 458 g/mol. The number of hydrogen-bond donors (Lipinski definition) is 1. The van der Waals surface area contributed by atoms with E-state index >= 15 is 0 Å². The standard InChI is InChI=1S/C24H19N3O4S2/c1-32-17-8-4-6-15(12-17)25-20(28)14-26-21-18-9-2-3-10-19(18)33-22(21)23(29)27(24(26)30)13-16-7-5-11-31-16/h2-12,22H,13-14H2,1H3/p+1. The highest BCUT2D eigenvalue weighted by atomic mass is 32.2. The Hall–Kier alpha value is -3.30. The minimum atomic E-state index is -0.595. The molecule has 33 heavy (non-hydrogen) atoms. The summed E-state index contributed by atoms with van der Waals surface area (Å²) < 4.78 is 6.78. The van der Waals surface area contributed by atoms with Crippen molar-refractivity contribution in [1.29, 1.82) is 0 Å². The fourth-order valence-corrected chi connectivity index (χ4v) is 5.71. The Morgan fingerprint density at radius 1 is 1.15 bits per heavy atom. The lowest BCUT2D eigenvalue weighted by molar-refractivity contribution is -0.426. The van der Waals surface area contributed by atoms with Gasteiger partial charge in [-0.1, -0.05) is 18.2 Å². The predicted molar refractivity (Wildman–Crippen MR) is 127 cm³/mol. The number of urea groups is 1. The van der Waals surface area contributed by atoms with Crippen LogP contribution in [-0.4, -0.2) is 51.1 Å². The first-order valence-electron chi connectivity index (χ1n) is 10.3. The second-order valence-corrected chi connectivity index (χ2v) is 9.56. The minimum absolute atomic E-state index is 0.0131. The Morgan fingerprint density at radius 3 is 2.79 bits per heavy atom. The number of amides is 4. The number of anilines is 1. The van der Waals surface area contributed by atoms with Crippen LogP contribution in [0.25, 0.3) is 0 Å². The summed E-state index contributed by atoms with van der Waals surface area (Å²) in [5, 5.41) is 2.28. The molecule has 1 atom stereocenters. The third kappa shape index (κ3) is 4.09. The van der Waals surface area contributed by atoms with Gasteiger partial charge in [0.25, 0.3) is 5.91 Å². The number of carbonyl (C=O) groups excluding carboxylic acids is 3. The maximum Gasteiger partial charge on any atom is 0.501 e. The van der Waals surface area contributed by atoms with Gasteiger partial charge in [-0.2, -0.15) is 14.3 Å². The number of nitrogens with zero attached hydrogens (tertiary/aromatic N) is 2. The number of benzene rings is 2. The van der Waals surface area contributed by atoms with E-state index in [0.29, 0.717) is 17.2 Å². The largest absolute Gasteiger partial charge is 0.501 e. The Labute approximate surface area is 198 Å². The second kappa shape index (κ2) is 8.92. The van der Waals surface area contributed by atoms with Gasteiger partial charge in [-0.3, -0.25) is 4.79 Å². The molecular formula is C24H20N3O4S2+. The summed E-state index contributed by atoms with van der Waals surface area (Å²) >= 11 is 2.98.